The number of ether oxygens (including phenoxy) is 3. The molecule has 0 bridgehead atoms. The van der Waals surface area contributed by atoms with Crippen LogP contribution in [0.2, 0.25) is 0 Å². The van der Waals surface area contributed by atoms with Gasteiger partial charge in [-0.2, -0.15) is 0 Å². The zero-order valence-corrected chi connectivity index (χ0v) is 14.9. The lowest BCUT2D eigenvalue weighted by Gasteiger charge is -2.34. The van der Waals surface area contributed by atoms with Crippen LogP contribution >= 0.6 is 0 Å². The predicted molar refractivity (Wildman–Crippen MR) is 97.8 cm³/mol. The van der Waals surface area contributed by atoms with E-state index in [2.05, 4.69) is 31.2 Å². The fraction of sp³-hybridized carbons (Fsp3) is 0.381. The van der Waals surface area contributed by atoms with Crippen LogP contribution in [0, 0.1) is 0 Å². The van der Waals surface area contributed by atoms with E-state index in [0.717, 1.165) is 12.0 Å². The van der Waals surface area contributed by atoms with Gasteiger partial charge in [0.05, 0.1) is 18.7 Å². The smallest absolute Gasteiger partial charge is 0.257 e. The third kappa shape index (κ3) is 3.27. The second-order valence-corrected chi connectivity index (χ2v) is 6.54. The number of carbonyl (C=O) groups is 1. The monoisotopic (exact) mass is 353 g/mol. The molecule has 136 valence electrons. The summed E-state index contributed by atoms with van der Waals surface area (Å²) in [5, 5.41) is 0. The standard InChI is InChI=1S/C21H23NO4/c1-2-15-6-8-16(9-7-15)19-14-22(10-11-24-19)21(23)17-4-3-5-18-20(17)26-13-12-25-18/h3-9,19H,2,10-14H2,1H3. The van der Waals surface area contributed by atoms with Crippen LogP contribution < -0.4 is 9.47 Å². The molecule has 0 radical (unpaired) electrons. The van der Waals surface area contributed by atoms with Crippen LogP contribution in [0.5, 0.6) is 11.5 Å². The molecule has 0 aromatic heterocycles. The zero-order valence-electron chi connectivity index (χ0n) is 14.9. The highest BCUT2D eigenvalue weighted by Crippen LogP contribution is 2.35. The van der Waals surface area contributed by atoms with E-state index < -0.39 is 0 Å². The number of para-hydroxylation sites is 1. The molecule has 26 heavy (non-hydrogen) atoms. The highest BCUT2D eigenvalue weighted by molar-refractivity contribution is 5.98. The molecular formula is C21H23NO4. The summed E-state index contributed by atoms with van der Waals surface area (Å²) in [6.45, 7) is 4.75. The van der Waals surface area contributed by atoms with Crippen molar-refractivity contribution in [1.82, 2.24) is 4.90 Å². The summed E-state index contributed by atoms with van der Waals surface area (Å²) in [4.78, 5) is 14.9. The van der Waals surface area contributed by atoms with Crippen molar-refractivity contribution < 1.29 is 19.0 Å². The molecule has 5 nitrogen and oxygen atoms in total. The third-order valence-corrected chi connectivity index (χ3v) is 4.91. The molecule has 1 unspecified atom stereocenters. The number of hydrogen-bond donors (Lipinski definition) is 0. The van der Waals surface area contributed by atoms with Gasteiger partial charge in [-0.05, 0) is 29.7 Å². The van der Waals surface area contributed by atoms with E-state index in [1.165, 1.54) is 5.56 Å². The number of amides is 1. The van der Waals surface area contributed by atoms with E-state index in [4.69, 9.17) is 14.2 Å². The maximum absolute atomic E-state index is 13.1. The molecule has 0 saturated carbocycles. The first-order valence-electron chi connectivity index (χ1n) is 9.14. The van der Waals surface area contributed by atoms with Gasteiger partial charge in [0.25, 0.3) is 5.91 Å². The Morgan fingerprint density at radius 2 is 1.88 bits per heavy atom. The van der Waals surface area contributed by atoms with Crippen LogP contribution in [-0.4, -0.2) is 43.7 Å². The Bertz CT molecular complexity index is 787. The quantitative estimate of drug-likeness (QED) is 0.850. The van der Waals surface area contributed by atoms with Gasteiger partial charge in [0.2, 0.25) is 0 Å². The molecule has 1 amide bonds. The van der Waals surface area contributed by atoms with Crippen molar-refractivity contribution >= 4 is 5.91 Å². The van der Waals surface area contributed by atoms with Crippen molar-refractivity contribution in [2.24, 2.45) is 0 Å². The molecule has 2 aromatic rings. The Kier molecular flexibility index (Phi) is 4.80. The van der Waals surface area contributed by atoms with Gasteiger partial charge in [-0.25, -0.2) is 0 Å². The second-order valence-electron chi connectivity index (χ2n) is 6.54. The Labute approximate surface area is 153 Å². The normalized spacial score (nSPS) is 19.3. The molecule has 1 atom stereocenters. The maximum Gasteiger partial charge on any atom is 0.257 e. The van der Waals surface area contributed by atoms with Crippen molar-refractivity contribution in [3.05, 3.63) is 59.2 Å². The molecule has 2 aliphatic rings. The number of fused-ring (bicyclic) bond motifs is 1. The molecular weight excluding hydrogens is 330 g/mol. The third-order valence-electron chi connectivity index (χ3n) is 4.91. The van der Waals surface area contributed by atoms with Gasteiger partial charge in [-0.3, -0.25) is 4.79 Å². The van der Waals surface area contributed by atoms with Crippen LogP contribution in [0.25, 0.3) is 0 Å². The molecule has 1 fully saturated rings. The molecule has 5 heteroatoms. The summed E-state index contributed by atoms with van der Waals surface area (Å²) in [5.41, 5.74) is 2.96. The fourth-order valence-electron chi connectivity index (χ4n) is 3.42. The van der Waals surface area contributed by atoms with Crippen LogP contribution in [0.15, 0.2) is 42.5 Å². The van der Waals surface area contributed by atoms with E-state index in [0.29, 0.717) is 50.0 Å². The van der Waals surface area contributed by atoms with Crippen molar-refractivity contribution in [2.45, 2.75) is 19.4 Å². The van der Waals surface area contributed by atoms with Crippen molar-refractivity contribution in [3.63, 3.8) is 0 Å². The van der Waals surface area contributed by atoms with E-state index in [1.807, 2.05) is 17.0 Å². The van der Waals surface area contributed by atoms with Gasteiger partial charge >= 0.3 is 0 Å². The van der Waals surface area contributed by atoms with Gasteiger partial charge in [-0.15, -0.1) is 0 Å². The molecule has 4 rings (SSSR count). The Morgan fingerprint density at radius 3 is 2.69 bits per heavy atom. The summed E-state index contributed by atoms with van der Waals surface area (Å²) >= 11 is 0. The minimum absolute atomic E-state index is 0.0363. The molecule has 0 spiro atoms. The van der Waals surface area contributed by atoms with Crippen LogP contribution in [0.4, 0.5) is 0 Å². The van der Waals surface area contributed by atoms with Gasteiger partial charge < -0.3 is 19.1 Å². The number of rotatable bonds is 3. The highest BCUT2D eigenvalue weighted by Gasteiger charge is 2.29. The van der Waals surface area contributed by atoms with E-state index >= 15 is 0 Å². The first-order chi connectivity index (χ1) is 12.8. The number of aryl methyl sites for hydroxylation is 1. The zero-order chi connectivity index (χ0) is 17.9. The summed E-state index contributed by atoms with van der Waals surface area (Å²) in [7, 11) is 0. The number of morpholine rings is 1. The SMILES string of the molecule is CCc1ccc(C2CN(C(=O)c3cccc4c3OCCO4)CCO2)cc1. The average molecular weight is 353 g/mol. The lowest BCUT2D eigenvalue weighted by molar-refractivity contribution is -0.0230. The molecule has 0 aliphatic carbocycles. The van der Waals surface area contributed by atoms with Crippen molar-refractivity contribution in [1.29, 1.82) is 0 Å². The van der Waals surface area contributed by atoms with Crippen molar-refractivity contribution in [3.8, 4) is 11.5 Å². The Hall–Kier alpha value is -2.53. The summed E-state index contributed by atoms with van der Waals surface area (Å²) < 4.78 is 17.2. The van der Waals surface area contributed by atoms with Gasteiger partial charge in [0, 0.05) is 6.54 Å². The molecule has 0 N–H and O–H groups in total. The molecule has 2 aromatic carbocycles. The Balaban J connectivity index is 1.53. The lowest BCUT2D eigenvalue weighted by atomic mass is 10.0. The molecule has 1 saturated heterocycles. The molecule has 2 aliphatic heterocycles. The summed E-state index contributed by atoms with van der Waals surface area (Å²) in [5.74, 6) is 1.16. The number of nitrogens with zero attached hydrogens (tertiary/aromatic N) is 1. The Morgan fingerprint density at radius 1 is 1.08 bits per heavy atom. The van der Waals surface area contributed by atoms with E-state index in [1.54, 1.807) is 6.07 Å². The maximum atomic E-state index is 13.1. The first-order valence-corrected chi connectivity index (χ1v) is 9.14. The average Bonchev–Trinajstić information content (AvgIpc) is 2.73. The lowest BCUT2D eigenvalue weighted by Crippen LogP contribution is -2.42. The van der Waals surface area contributed by atoms with E-state index in [-0.39, 0.29) is 12.0 Å². The van der Waals surface area contributed by atoms with Gasteiger partial charge in [-0.1, -0.05) is 37.3 Å². The van der Waals surface area contributed by atoms with Crippen LogP contribution in [0.3, 0.4) is 0 Å². The number of benzene rings is 2. The van der Waals surface area contributed by atoms with Gasteiger partial charge in [0.1, 0.15) is 19.3 Å². The number of hydrogen-bond acceptors (Lipinski definition) is 4. The molecule has 2 heterocycles. The van der Waals surface area contributed by atoms with Gasteiger partial charge in [0.15, 0.2) is 11.5 Å². The first kappa shape index (κ1) is 16.9. The topological polar surface area (TPSA) is 48.0 Å². The van der Waals surface area contributed by atoms with Crippen molar-refractivity contribution in [2.75, 3.05) is 32.9 Å². The largest absolute Gasteiger partial charge is 0.486 e. The predicted octanol–water partition coefficient (Wildman–Crippen LogP) is 3.23. The minimum Gasteiger partial charge on any atom is -0.486 e. The van der Waals surface area contributed by atoms with Crippen LogP contribution in [-0.2, 0) is 11.2 Å². The fourth-order valence-corrected chi connectivity index (χ4v) is 3.42. The summed E-state index contributed by atoms with van der Waals surface area (Å²) in [6, 6.07) is 13.9. The number of carbonyl (C=O) groups excluding carboxylic acids is 1. The minimum atomic E-state index is -0.102. The van der Waals surface area contributed by atoms with Crippen LogP contribution in [0.1, 0.15) is 34.5 Å². The summed E-state index contributed by atoms with van der Waals surface area (Å²) in [6.07, 6.45) is 0.910. The van der Waals surface area contributed by atoms with E-state index in [9.17, 15) is 4.79 Å². The highest BCUT2D eigenvalue weighted by atomic mass is 16.6. The second kappa shape index (κ2) is 7.38.